The van der Waals surface area contributed by atoms with Gasteiger partial charge in [0.1, 0.15) is 11.0 Å². The summed E-state index contributed by atoms with van der Waals surface area (Å²) in [5.41, 5.74) is 4.09. The first-order valence-corrected chi connectivity index (χ1v) is 9.27. The normalized spacial score (nSPS) is 12.0. The molecule has 3 rings (SSSR count). The van der Waals surface area contributed by atoms with Crippen LogP contribution in [0.2, 0.25) is 0 Å². The molecule has 0 bridgehead atoms. The molecule has 1 unspecified atom stereocenters. The van der Waals surface area contributed by atoms with Crippen LogP contribution in [0.5, 0.6) is 5.75 Å². The number of hydrogen-bond donors (Lipinski definition) is 1. The van der Waals surface area contributed by atoms with E-state index in [0.717, 1.165) is 27.1 Å². The predicted molar refractivity (Wildman–Crippen MR) is 102 cm³/mol. The lowest BCUT2D eigenvalue weighted by Gasteiger charge is -2.17. The monoisotopic (exact) mass is 384 g/mol. The maximum absolute atomic E-state index is 10.7. The third-order valence-corrected chi connectivity index (χ3v) is 5.42. The van der Waals surface area contributed by atoms with Gasteiger partial charge < -0.3 is 14.3 Å². The van der Waals surface area contributed by atoms with E-state index in [2.05, 4.69) is 16.3 Å². The summed E-state index contributed by atoms with van der Waals surface area (Å²) >= 11 is 1.61. The van der Waals surface area contributed by atoms with E-state index in [9.17, 15) is 4.79 Å². The van der Waals surface area contributed by atoms with Gasteiger partial charge in [-0.2, -0.15) is 0 Å². The van der Waals surface area contributed by atoms with Gasteiger partial charge in [0.25, 0.3) is 0 Å². The predicted octanol–water partition coefficient (Wildman–Crippen LogP) is 4.34. The molecule has 0 saturated heterocycles. The fraction of sp³-hybridized carbons (Fsp3) is 0.250. The minimum absolute atomic E-state index is 0.142. The van der Waals surface area contributed by atoms with E-state index in [1.54, 1.807) is 11.8 Å². The van der Waals surface area contributed by atoms with Crippen molar-refractivity contribution >= 4 is 17.7 Å². The number of nitrogens with zero attached hydrogens (tertiary/aromatic N) is 2. The largest absolute Gasteiger partial charge is 0.482 e. The maximum Gasteiger partial charge on any atom is 0.341 e. The molecule has 0 radical (unpaired) electrons. The molecule has 0 aliphatic carbocycles. The minimum atomic E-state index is -0.999. The second kappa shape index (κ2) is 8.26. The molecule has 140 valence electrons. The number of carboxylic acid groups (broad SMARTS) is 1. The Morgan fingerprint density at radius 2 is 2.04 bits per heavy atom. The molecule has 0 spiro atoms. The average molecular weight is 384 g/mol. The Bertz CT molecular complexity index is 941. The van der Waals surface area contributed by atoms with Crippen molar-refractivity contribution in [2.24, 2.45) is 0 Å². The van der Waals surface area contributed by atoms with E-state index < -0.39 is 5.97 Å². The molecule has 0 aliphatic rings. The Morgan fingerprint density at radius 1 is 1.22 bits per heavy atom. The van der Waals surface area contributed by atoms with Crippen molar-refractivity contribution in [1.82, 2.24) is 10.2 Å². The summed E-state index contributed by atoms with van der Waals surface area (Å²) in [5, 5.41) is 16.6. The van der Waals surface area contributed by atoms with Crippen LogP contribution in [0.3, 0.4) is 0 Å². The van der Waals surface area contributed by atoms with Crippen molar-refractivity contribution in [3.63, 3.8) is 0 Å². The van der Waals surface area contributed by atoms with Crippen LogP contribution in [0, 0.1) is 20.8 Å². The van der Waals surface area contributed by atoms with E-state index in [1.807, 2.05) is 51.1 Å². The Morgan fingerprint density at radius 3 is 2.70 bits per heavy atom. The Labute approximate surface area is 161 Å². The van der Waals surface area contributed by atoms with Crippen LogP contribution in [0.1, 0.15) is 33.4 Å². The van der Waals surface area contributed by atoms with Crippen LogP contribution in [-0.4, -0.2) is 27.9 Å². The van der Waals surface area contributed by atoms with Gasteiger partial charge in [-0.15, -0.1) is 22.0 Å². The first-order chi connectivity index (χ1) is 12.9. The zero-order valence-electron chi connectivity index (χ0n) is 15.3. The van der Waals surface area contributed by atoms with Gasteiger partial charge in [-0.05, 0) is 49.6 Å². The molecule has 27 heavy (non-hydrogen) atoms. The molecule has 0 aliphatic heterocycles. The summed E-state index contributed by atoms with van der Waals surface area (Å²) in [6, 6.07) is 12.1. The minimum Gasteiger partial charge on any atom is -0.482 e. The van der Waals surface area contributed by atoms with Crippen LogP contribution < -0.4 is 4.74 Å². The van der Waals surface area contributed by atoms with Crippen molar-refractivity contribution in [1.29, 1.82) is 0 Å². The Kier molecular flexibility index (Phi) is 5.81. The van der Waals surface area contributed by atoms with E-state index in [4.69, 9.17) is 14.3 Å². The molecule has 0 amide bonds. The highest BCUT2D eigenvalue weighted by atomic mass is 32.2. The molecule has 2 aromatic carbocycles. The van der Waals surface area contributed by atoms with Crippen LogP contribution in [0.4, 0.5) is 0 Å². The quantitative estimate of drug-likeness (QED) is 0.606. The van der Waals surface area contributed by atoms with Crippen LogP contribution in [0.15, 0.2) is 52.1 Å². The van der Waals surface area contributed by atoms with Crippen molar-refractivity contribution in [2.45, 2.75) is 30.9 Å². The Hall–Kier alpha value is -2.80. The summed E-state index contributed by atoms with van der Waals surface area (Å²) in [4.78, 5) is 11.8. The number of rotatable bonds is 7. The van der Waals surface area contributed by atoms with Crippen LogP contribution in [-0.2, 0) is 4.79 Å². The van der Waals surface area contributed by atoms with Crippen molar-refractivity contribution in [3.05, 3.63) is 70.9 Å². The molecule has 6 nitrogen and oxygen atoms in total. The van der Waals surface area contributed by atoms with Gasteiger partial charge >= 0.3 is 5.97 Å². The molecule has 1 atom stereocenters. The summed E-state index contributed by atoms with van der Waals surface area (Å²) in [7, 11) is 0. The lowest BCUT2D eigenvalue weighted by Crippen LogP contribution is -2.10. The summed E-state index contributed by atoms with van der Waals surface area (Å²) < 4.78 is 10.8. The van der Waals surface area contributed by atoms with Gasteiger partial charge in [0.05, 0.1) is 0 Å². The molecule has 1 N–H and O–H groups in total. The third-order valence-electron chi connectivity index (χ3n) is 4.01. The number of aromatic nitrogens is 2. The number of aryl methyl sites for hydroxylation is 3. The standard InChI is InChI=1S/C20H20N2O4S/c1-12-5-4-6-15(7-12)19(20-22-21-11-26-20)27-17-9-13(2)16(8-14(17)3)25-10-18(23)24/h4-9,11,19H,10H2,1-3H3,(H,23,24). The summed E-state index contributed by atoms with van der Waals surface area (Å²) in [6.45, 7) is 5.55. The molecular weight excluding hydrogens is 364 g/mol. The zero-order valence-corrected chi connectivity index (χ0v) is 16.1. The SMILES string of the molecule is Cc1cccc(C(Sc2cc(C)c(OCC(=O)O)cc2C)c2nnco2)c1. The molecule has 0 fully saturated rings. The average Bonchev–Trinajstić information content (AvgIpc) is 3.15. The number of benzene rings is 2. The van der Waals surface area contributed by atoms with E-state index in [-0.39, 0.29) is 11.9 Å². The molecule has 1 heterocycles. The highest BCUT2D eigenvalue weighted by Crippen LogP contribution is 2.42. The number of aliphatic carboxylic acids is 1. The van der Waals surface area contributed by atoms with Crippen molar-refractivity contribution < 1.29 is 19.1 Å². The number of hydrogen-bond acceptors (Lipinski definition) is 6. The number of thioether (sulfide) groups is 1. The number of carboxylic acids is 1. The lowest BCUT2D eigenvalue weighted by atomic mass is 10.1. The van der Waals surface area contributed by atoms with Crippen LogP contribution in [0.25, 0.3) is 0 Å². The smallest absolute Gasteiger partial charge is 0.341 e. The second-order valence-corrected chi connectivity index (χ2v) is 7.40. The van der Waals surface area contributed by atoms with Crippen molar-refractivity contribution in [3.8, 4) is 5.75 Å². The van der Waals surface area contributed by atoms with Crippen molar-refractivity contribution in [2.75, 3.05) is 6.61 Å². The summed E-state index contributed by atoms with van der Waals surface area (Å²) in [6.07, 6.45) is 1.33. The van der Waals surface area contributed by atoms with E-state index in [0.29, 0.717) is 11.6 Å². The fourth-order valence-corrected chi connectivity index (χ4v) is 3.93. The Balaban J connectivity index is 1.92. The second-order valence-electron chi connectivity index (χ2n) is 6.25. The van der Waals surface area contributed by atoms with Gasteiger partial charge in [0.2, 0.25) is 12.3 Å². The fourth-order valence-electron chi connectivity index (χ4n) is 2.70. The highest BCUT2D eigenvalue weighted by molar-refractivity contribution is 7.99. The molecule has 0 saturated carbocycles. The van der Waals surface area contributed by atoms with Gasteiger partial charge in [0, 0.05) is 4.90 Å². The molecule has 3 aromatic rings. The molecular formula is C20H20N2O4S. The maximum atomic E-state index is 10.7. The zero-order chi connectivity index (χ0) is 19.4. The first kappa shape index (κ1) is 19.0. The first-order valence-electron chi connectivity index (χ1n) is 8.39. The van der Waals surface area contributed by atoms with Gasteiger partial charge in [-0.25, -0.2) is 4.79 Å². The van der Waals surface area contributed by atoms with Crippen LogP contribution >= 0.6 is 11.8 Å². The molecule has 1 aromatic heterocycles. The highest BCUT2D eigenvalue weighted by Gasteiger charge is 2.22. The van der Waals surface area contributed by atoms with E-state index >= 15 is 0 Å². The number of ether oxygens (including phenoxy) is 1. The van der Waals surface area contributed by atoms with Gasteiger partial charge in [-0.3, -0.25) is 0 Å². The molecule has 7 heteroatoms. The summed E-state index contributed by atoms with van der Waals surface area (Å²) in [5.74, 6) is 0.111. The topological polar surface area (TPSA) is 85.5 Å². The van der Waals surface area contributed by atoms with Gasteiger partial charge in [0.15, 0.2) is 6.61 Å². The lowest BCUT2D eigenvalue weighted by molar-refractivity contribution is -0.139. The van der Waals surface area contributed by atoms with E-state index in [1.165, 1.54) is 6.39 Å². The third kappa shape index (κ3) is 4.68. The van der Waals surface area contributed by atoms with Gasteiger partial charge in [-0.1, -0.05) is 29.8 Å². The number of carbonyl (C=O) groups is 1.